The molecular weight excluding hydrogens is 658 g/mol. The van der Waals surface area contributed by atoms with E-state index in [-0.39, 0.29) is 41.3 Å². The molecule has 2 N–H and O–H groups in total. The lowest BCUT2D eigenvalue weighted by atomic mass is 9.53. The van der Waals surface area contributed by atoms with Gasteiger partial charge in [-0.05, 0) is 55.0 Å². The monoisotopic (exact) mass is 683 g/mol. The Labute approximate surface area is 276 Å². The summed E-state index contributed by atoms with van der Waals surface area (Å²) in [5, 5.41) is 7.26. The summed E-state index contributed by atoms with van der Waals surface area (Å²) in [5.41, 5.74) is -1.10. The summed E-state index contributed by atoms with van der Waals surface area (Å²) in [7, 11) is 7.14. The highest BCUT2D eigenvalue weighted by atomic mass is 19.4. The minimum atomic E-state index is -4.78. The number of fused-ring (bicyclic) bond motifs is 1. The first-order valence-electron chi connectivity index (χ1n) is 14.6. The highest BCUT2D eigenvalue weighted by Crippen LogP contribution is 2.46. The third-order valence-corrected chi connectivity index (χ3v) is 7.79. The van der Waals surface area contributed by atoms with Gasteiger partial charge in [-0.3, -0.25) is 19.3 Å². The van der Waals surface area contributed by atoms with Crippen molar-refractivity contribution in [1.82, 2.24) is 20.4 Å². The first-order valence-corrected chi connectivity index (χ1v) is 14.6. The van der Waals surface area contributed by atoms with Crippen molar-refractivity contribution < 1.29 is 45.1 Å². The maximum absolute atomic E-state index is 14.4. The number of alkyl halides is 6. The second-order valence-electron chi connectivity index (χ2n) is 10.9. The van der Waals surface area contributed by atoms with E-state index in [1.54, 1.807) is 37.3 Å². The normalized spacial score (nSPS) is 18.0. The molecule has 252 valence electrons. The highest BCUT2D eigenvalue weighted by molar-refractivity contribution is 6.25. The molecule has 5 rings (SSSR count). The fraction of sp³-hybridized carbons (Fsp3) is 0.212. The van der Waals surface area contributed by atoms with E-state index in [0.29, 0.717) is 11.8 Å². The average molecular weight is 683 g/mol. The summed E-state index contributed by atoms with van der Waals surface area (Å²) >= 11 is 0. The number of carbonyl (C=O) groups excluding carboxylic acids is 3. The van der Waals surface area contributed by atoms with Gasteiger partial charge in [0.05, 0.1) is 31.3 Å². The Morgan fingerprint density at radius 3 is 2.27 bits per heavy atom. The molecule has 0 bridgehead atoms. The number of likely N-dealkylation sites (N-methyl/N-ethyl adjacent to an activating group) is 1. The Hall–Kier alpha value is -5.41. The number of nitrogens with one attached hydrogen (secondary N) is 2. The molecule has 2 atom stereocenters. The molecule has 4 aromatic rings. The molecule has 0 saturated heterocycles. The maximum atomic E-state index is 14.4. The molecule has 8 nitrogen and oxygen atoms in total. The van der Waals surface area contributed by atoms with Gasteiger partial charge in [-0.15, -0.1) is 0 Å². The van der Waals surface area contributed by atoms with Crippen LogP contribution in [0.3, 0.4) is 0 Å². The number of hydrogen-bond donors (Lipinski definition) is 2. The number of anilines is 1. The number of amides is 3. The van der Waals surface area contributed by atoms with Gasteiger partial charge in [0.15, 0.2) is 0 Å². The molecule has 0 aliphatic carbocycles. The fourth-order valence-corrected chi connectivity index (χ4v) is 5.57. The zero-order valence-electron chi connectivity index (χ0n) is 25.4. The van der Waals surface area contributed by atoms with Crippen LogP contribution in [0.5, 0.6) is 0 Å². The Bertz CT molecular complexity index is 1910. The fourth-order valence-electron chi connectivity index (χ4n) is 5.57. The first kappa shape index (κ1) is 34.9. The van der Waals surface area contributed by atoms with E-state index in [2.05, 4.69) is 15.7 Å². The van der Waals surface area contributed by atoms with E-state index in [1.807, 2.05) is 0 Å². The molecule has 0 spiro atoms. The molecule has 3 aromatic carbocycles. The number of rotatable bonds is 8. The zero-order chi connectivity index (χ0) is 35.7. The Morgan fingerprint density at radius 2 is 1.65 bits per heavy atom. The van der Waals surface area contributed by atoms with Crippen LogP contribution in [-0.4, -0.2) is 54.1 Å². The van der Waals surface area contributed by atoms with E-state index in [9.17, 15) is 45.1 Å². The van der Waals surface area contributed by atoms with Crippen molar-refractivity contribution in [2.45, 2.75) is 37.2 Å². The van der Waals surface area contributed by atoms with Crippen LogP contribution < -0.4 is 15.5 Å². The number of benzene rings is 3. The van der Waals surface area contributed by atoms with E-state index >= 15 is 0 Å². The van der Waals surface area contributed by atoms with Crippen LogP contribution >= 0.6 is 0 Å². The molecule has 1 aliphatic rings. The average Bonchev–Trinajstić information content (AvgIpc) is 3.45. The van der Waals surface area contributed by atoms with Crippen molar-refractivity contribution in [1.29, 1.82) is 0 Å². The van der Waals surface area contributed by atoms with Gasteiger partial charge < -0.3 is 10.6 Å². The van der Waals surface area contributed by atoms with E-state index in [4.69, 9.17) is 7.85 Å². The maximum Gasteiger partial charge on any atom is 0.416 e. The highest BCUT2D eigenvalue weighted by Gasteiger charge is 2.53. The minimum absolute atomic E-state index is 0.0267. The van der Waals surface area contributed by atoms with Crippen LogP contribution in [0.4, 0.5) is 36.6 Å². The van der Waals surface area contributed by atoms with Crippen LogP contribution in [0.15, 0.2) is 91.0 Å². The number of halogens is 7. The van der Waals surface area contributed by atoms with Gasteiger partial charge in [-0.2, -0.15) is 31.4 Å². The van der Waals surface area contributed by atoms with Gasteiger partial charge >= 0.3 is 12.4 Å². The molecule has 0 saturated carbocycles. The Balaban J connectivity index is 1.71. The third-order valence-electron chi connectivity index (χ3n) is 7.79. The Morgan fingerprint density at radius 1 is 0.980 bits per heavy atom. The summed E-state index contributed by atoms with van der Waals surface area (Å²) in [4.78, 5) is 41.5. The lowest BCUT2D eigenvalue weighted by Crippen LogP contribution is -2.64. The van der Waals surface area contributed by atoms with E-state index in [1.165, 1.54) is 21.7 Å². The van der Waals surface area contributed by atoms with Crippen molar-refractivity contribution in [3.05, 3.63) is 125 Å². The topological polar surface area (TPSA) is 96.3 Å². The number of nitrogens with zero attached hydrogens (tertiary/aromatic N) is 3. The molecule has 1 aromatic heterocycles. The van der Waals surface area contributed by atoms with Gasteiger partial charge in [-0.25, -0.2) is 9.07 Å². The summed E-state index contributed by atoms with van der Waals surface area (Å²) in [6.07, 6.45) is -9.54. The Kier molecular flexibility index (Phi) is 9.44. The predicted molar refractivity (Wildman–Crippen MR) is 164 cm³/mol. The molecule has 1 aliphatic heterocycles. The molecular formula is C33H25BF7N5O3. The minimum Gasteiger partial charge on any atom is -0.347 e. The van der Waals surface area contributed by atoms with Crippen molar-refractivity contribution >= 4 is 31.4 Å². The summed E-state index contributed by atoms with van der Waals surface area (Å²) in [5.74, 6) is -3.65. The van der Waals surface area contributed by atoms with Crippen molar-refractivity contribution in [3.8, 4) is 5.69 Å². The second kappa shape index (κ2) is 13.2. The molecule has 2 radical (unpaired) electrons. The van der Waals surface area contributed by atoms with Crippen LogP contribution in [0.1, 0.15) is 39.7 Å². The second-order valence-corrected chi connectivity index (χ2v) is 10.9. The number of aromatic nitrogens is 2. The van der Waals surface area contributed by atoms with Crippen molar-refractivity contribution in [2.24, 2.45) is 0 Å². The van der Waals surface area contributed by atoms with Gasteiger partial charge in [-0.1, -0.05) is 36.4 Å². The van der Waals surface area contributed by atoms with Crippen LogP contribution in [0.2, 0.25) is 0 Å². The largest absolute Gasteiger partial charge is 0.416 e. The van der Waals surface area contributed by atoms with Crippen molar-refractivity contribution in [2.75, 3.05) is 11.4 Å². The van der Waals surface area contributed by atoms with E-state index < -0.39 is 64.9 Å². The molecule has 3 amide bonds. The lowest BCUT2D eigenvalue weighted by Gasteiger charge is -2.46. The smallest absolute Gasteiger partial charge is 0.347 e. The summed E-state index contributed by atoms with van der Waals surface area (Å²) in [6, 6.07) is 14.6. The van der Waals surface area contributed by atoms with Crippen LogP contribution in [0.25, 0.3) is 5.69 Å². The van der Waals surface area contributed by atoms with E-state index in [0.717, 1.165) is 30.3 Å². The predicted octanol–water partition coefficient (Wildman–Crippen LogP) is 5.34. The number of para-hydroxylation sites is 1. The van der Waals surface area contributed by atoms with Crippen LogP contribution in [0, 0.1) is 5.82 Å². The standard InChI is InChI=1S/C33H25BF7N5O3/c1-2-45-29-26(24(18-42-25(47)15-16-31(36,37)38)44-46(29)23-9-4-3-5-10-23)32(34,20-11-13-22(35)14-12-20)27(30(45)49)43-28(48)19-7-6-8-21(17-19)33(39,40)41/h3-17,27H,2,18H2,1H3,(H,42,47)(H,43,48)/b16-15+/t27-,32+/m1/s1. The quantitative estimate of drug-likeness (QED) is 0.149. The van der Waals surface area contributed by atoms with Gasteiger partial charge in [0.25, 0.3) is 11.8 Å². The first-order chi connectivity index (χ1) is 23.0. The summed E-state index contributed by atoms with van der Waals surface area (Å²) in [6.45, 7) is 1.03. The number of hydrogen-bond acceptors (Lipinski definition) is 4. The lowest BCUT2D eigenvalue weighted by molar-refractivity contribution is -0.137. The summed E-state index contributed by atoms with van der Waals surface area (Å²) < 4.78 is 94.1. The van der Waals surface area contributed by atoms with Gasteiger partial charge in [0, 0.05) is 35.1 Å². The number of carbonyl (C=O) groups is 3. The SMILES string of the molecule is [B][C@@]1(c2ccc(F)cc2)c2c(CNC(=O)/C=C/C(F)(F)F)nn(-c3ccccc3)c2N(CC)C(=O)[C@H]1NC(=O)c1cccc(C(F)(F)F)c1. The number of allylic oxidation sites excluding steroid dienone is 1. The molecule has 0 unspecified atom stereocenters. The zero-order valence-corrected chi connectivity index (χ0v) is 25.4. The van der Waals surface area contributed by atoms with Gasteiger partial charge in [0.1, 0.15) is 17.7 Å². The van der Waals surface area contributed by atoms with Crippen molar-refractivity contribution in [3.63, 3.8) is 0 Å². The van der Waals surface area contributed by atoms with Gasteiger partial charge in [0.2, 0.25) is 5.91 Å². The molecule has 16 heteroatoms. The van der Waals surface area contributed by atoms with Crippen LogP contribution in [-0.2, 0) is 27.6 Å². The molecule has 49 heavy (non-hydrogen) atoms. The molecule has 0 fully saturated rings. The third kappa shape index (κ3) is 7.08. The molecule has 2 heterocycles.